The molecule has 2 aromatic carbocycles. The normalized spacial score (nSPS) is 13.1. The molecule has 3 rings (SSSR count). The van der Waals surface area contributed by atoms with Gasteiger partial charge in [0.25, 0.3) is 0 Å². The number of rotatable bonds is 8. The predicted molar refractivity (Wildman–Crippen MR) is 128 cm³/mol. The summed E-state index contributed by atoms with van der Waals surface area (Å²) in [6.45, 7) is 10.9. The molecular weight excluding hydrogens is 400 g/mol. The SMILES string of the molecule is CCNC(=NCc1cccc(Cn2cncn2)c1)NCC(O)c1ccc(C(C)(C)C)cc1. The Morgan fingerprint density at radius 3 is 2.50 bits per heavy atom. The lowest BCUT2D eigenvalue weighted by molar-refractivity contribution is 0.181. The van der Waals surface area contributed by atoms with Gasteiger partial charge >= 0.3 is 0 Å². The van der Waals surface area contributed by atoms with Crippen LogP contribution in [0.15, 0.2) is 66.2 Å². The van der Waals surface area contributed by atoms with E-state index in [1.165, 1.54) is 11.9 Å². The predicted octanol–water partition coefficient (Wildman–Crippen LogP) is 3.41. The molecule has 3 N–H and O–H groups in total. The van der Waals surface area contributed by atoms with Crippen LogP contribution in [0.2, 0.25) is 0 Å². The molecular formula is C25H34N6O. The Labute approximate surface area is 190 Å². The van der Waals surface area contributed by atoms with Crippen LogP contribution in [0.4, 0.5) is 0 Å². The van der Waals surface area contributed by atoms with Gasteiger partial charge in [-0.3, -0.25) is 0 Å². The first-order chi connectivity index (χ1) is 15.3. The first-order valence-electron chi connectivity index (χ1n) is 11.1. The van der Waals surface area contributed by atoms with Crippen molar-refractivity contribution in [1.82, 2.24) is 25.4 Å². The second-order valence-corrected chi connectivity index (χ2v) is 8.88. The Hall–Kier alpha value is -3.19. The highest BCUT2D eigenvalue weighted by atomic mass is 16.3. The number of benzene rings is 2. The zero-order valence-electron chi connectivity index (χ0n) is 19.4. The smallest absolute Gasteiger partial charge is 0.191 e. The van der Waals surface area contributed by atoms with Gasteiger partial charge in [-0.15, -0.1) is 0 Å². The van der Waals surface area contributed by atoms with Crippen LogP contribution in [0.1, 0.15) is 56.1 Å². The van der Waals surface area contributed by atoms with Crippen molar-refractivity contribution in [3.8, 4) is 0 Å². The van der Waals surface area contributed by atoms with Crippen LogP contribution in [0.5, 0.6) is 0 Å². The Balaban J connectivity index is 1.59. The van der Waals surface area contributed by atoms with Gasteiger partial charge in [-0.05, 0) is 34.6 Å². The molecule has 0 bridgehead atoms. The van der Waals surface area contributed by atoms with E-state index >= 15 is 0 Å². The summed E-state index contributed by atoms with van der Waals surface area (Å²) < 4.78 is 1.80. The molecule has 7 nitrogen and oxygen atoms in total. The maximum Gasteiger partial charge on any atom is 0.191 e. The van der Waals surface area contributed by atoms with E-state index in [0.29, 0.717) is 25.6 Å². The summed E-state index contributed by atoms with van der Waals surface area (Å²) in [6.07, 6.45) is 2.63. The number of hydrogen-bond donors (Lipinski definition) is 3. The molecule has 0 spiro atoms. The van der Waals surface area contributed by atoms with Gasteiger partial charge in [-0.2, -0.15) is 5.10 Å². The van der Waals surface area contributed by atoms with Crippen molar-refractivity contribution in [3.63, 3.8) is 0 Å². The molecule has 0 aliphatic carbocycles. The van der Waals surface area contributed by atoms with Crippen molar-refractivity contribution in [2.75, 3.05) is 13.1 Å². The van der Waals surface area contributed by atoms with Crippen LogP contribution < -0.4 is 10.6 Å². The maximum atomic E-state index is 10.6. The zero-order valence-corrected chi connectivity index (χ0v) is 19.4. The van der Waals surface area contributed by atoms with Crippen LogP contribution >= 0.6 is 0 Å². The third-order valence-corrected chi connectivity index (χ3v) is 5.19. The van der Waals surface area contributed by atoms with Crippen molar-refractivity contribution in [3.05, 3.63) is 83.4 Å². The minimum absolute atomic E-state index is 0.0964. The Bertz CT molecular complexity index is 990. The van der Waals surface area contributed by atoms with Gasteiger partial charge in [0.2, 0.25) is 0 Å². The summed E-state index contributed by atoms with van der Waals surface area (Å²) in [6, 6.07) is 16.5. The van der Waals surface area contributed by atoms with Gasteiger partial charge in [0.05, 0.1) is 19.2 Å². The van der Waals surface area contributed by atoms with Gasteiger partial charge < -0.3 is 15.7 Å². The summed E-state index contributed by atoms with van der Waals surface area (Å²) in [5, 5.41) is 21.3. The standard InChI is InChI=1S/C25H34N6O/c1-5-27-24(29-15-23(32)21-9-11-22(12-10-21)25(2,3)4)28-14-19-7-6-8-20(13-19)16-31-18-26-17-30-31/h6-13,17-18,23,32H,5,14-16H2,1-4H3,(H2,27,28,29). The first-order valence-corrected chi connectivity index (χ1v) is 11.1. The summed E-state index contributed by atoms with van der Waals surface area (Å²) in [7, 11) is 0. The number of hydrogen-bond acceptors (Lipinski definition) is 4. The summed E-state index contributed by atoms with van der Waals surface area (Å²) in [5.41, 5.74) is 4.50. The van der Waals surface area contributed by atoms with Crippen molar-refractivity contribution >= 4 is 5.96 Å². The maximum absolute atomic E-state index is 10.6. The molecule has 1 aromatic heterocycles. The minimum atomic E-state index is -0.612. The van der Waals surface area contributed by atoms with Gasteiger partial charge in [-0.25, -0.2) is 14.7 Å². The van der Waals surface area contributed by atoms with E-state index in [0.717, 1.165) is 23.2 Å². The largest absolute Gasteiger partial charge is 0.387 e. The molecule has 1 atom stereocenters. The van der Waals surface area contributed by atoms with Crippen molar-refractivity contribution in [2.24, 2.45) is 4.99 Å². The first kappa shape index (κ1) is 23.5. The molecule has 0 amide bonds. The number of aromatic nitrogens is 3. The molecule has 0 radical (unpaired) electrons. The molecule has 1 unspecified atom stereocenters. The summed E-state index contributed by atoms with van der Waals surface area (Å²) in [4.78, 5) is 8.67. The Morgan fingerprint density at radius 2 is 1.84 bits per heavy atom. The number of nitrogens with one attached hydrogen (secondary N) is 2. The molecule has 3 aromatic rings. The molecule has 32 heavy (non-hydrogen) atoms. The molecule has 170 valence electrons. The van der Waals surface area contributed by atoms with Gasteiger partial charge in [0, 0.05) is 13.1 Å². The monoisotopic (exact) mass is 434 g/mol. The molecule has 0 aliphatic heterocycles. The number of nitrogens with zero attached hydrogens (tertiary/aromatic N) is 4. The third kappa shape index (κ3) is 6.92. The van der Waals surface area contributed by atoms with E-state index in [1.54, 1.807) is 11.0 Å². The highest BCUT2D eigenvalue weighted by molar-refractivity contribution is 5.79. The lowest BCUT2D eigenvalue weighted by Gasteiger charge is -2.20. The molecule has 1 heterocycles. The van der Waals surface area contributed by atoms with Crippen molar-refractivity contribution in [1.29, 1.82) is 0 Å². The van der Waals surface area contributed by atoms with E-state index in [2.05, 4.69) is 76.8 Å². The number of guanidine groups is 1. The zero-order chi connectivity index (χ0) is 23.0. The van der Waals surface area contributed by atoms with Gasteiger partial charge in [-0.1, -0.05) is 69.3 Å². The van der Waals surface area contributed by atoms with E-state index in [1.807, 2.05) is 25.1 Å². The lowest BCUT2D eigenvalue weighted by atomic mass is 9.86. The molecule has 0 saturated heterocycles. The molecule has 7 heteroatoms. The van der Waals surface area contributed by atoms with Crippen molar-refractivity contribution < 1.29 is 5.11 Å². The van der Waals surface area contributed by atoms with E-state index in [-0.39, 0.29) is 5.41 Å². The number of aliphatic imine (C=N–C) groups is 1. The van der Waals surface area contributed by atoms with E-state index < -0.39 is 6.10 Å². The topological polar surface area (TPSA) is 87.4 Å². The fourth-order valence-electron chi connectivity index (χ4n) is 3.36. The fourth-order valence-corrected chi connectivity index (χ4v) is 3.36. The van der Waals surface area contributed by atoms with Gasteiger partial charge in [0.1, 0.15) is 12.7 Å². The Morgan fingerprint density at radius 1 is 1.09 bits per heavy atom. The Kier molecular flexibility index (Phi) is 8.00. The van der Waals surface area contributed by atoms with Crippen LogP contribution in [-0.4, -0.2) is 38.9 Å². The summed E-state index contributed by atoms with van der Waals surface area (Å²) in [5.74, 6) is 0.680. The highest BCUT2D eigenvalue weighted by Gasteiger charge is 2.15. The second kappa shape index (κ2) is 10.9. The van der Waals surface area contributed by atoms with Crippen LogP contribution in [0.3, 0.4) is 0 Å². The summed E-state index contributed by atoms with van der Waals surface area (Å²) >= 11 is 0. The second-order valence-electron chi connectivity index (χ2n) is 8.88. The van der Waals surface area contributed by atoms with Crippen molar-refractivity contribution in [2.45, 2.75) is 52.3 Å². The van der Waals surface area contributed by atoms with Crippen LogP contribution in [0, 0.1) is 0 Å². The quantitative estimate of drug-likeness (QED) is 0.374. The van der Waals surface area contributed by atoms with Gasteiger partial charge in [0.15, 0.2) is 5.96 Å². The molecule has 0 aliphatic rings. The van der Waals surface area contributed by atoms with Crippen LogP contribution in [0.25, 0.3) is 0 Å². The van der Waals surface area contributed by atoms with E-state index in [9.17, 15) is 5.11 Å². The van der Waals surface area contributed by atoms with E-state index in [4.69, 9.17) is 0 Å². The average molecular weight is 435 g/mol. The fraction of sp³-hybridized carbons (Fsp3) is 0.400. The molecule has 0 fully saturated rings. The lowest BCUT2D eigenvalue weighted by Crippen LogP contribution is -2.39. The highest BCUT2D eigenvalue weighted by Crippen LogP contribution is 2.23. The van der Waals surface area contributed by atoms with Crippen LogP contribution in [-0.2, 0) is 18.5 Å². The third-order valence-electron chi connectivity index (χ3n) is 5.19. The number of aliphatic hydroxyl groups is 1. The molecule has 0 saturated carbocycles. The number of aliphatic hydroxyl groups excluding tert-OH is 1. The minimum Gasteiger partial charge on any atom is -0.387 e. The average Bonchev–Trinajstić information content (AvgIpc) is 3.28.